The van der Waals surface area contributed by atoms with Crippen LogP contribution in [0.2, 0.25) is 0 Å². The van der Waals surface area contributed by atoms with Gasteiger partial charge in [-0.15, -0.1) is 0 Å². The van der Waals surface area contributed by atoms with Crippen LogP contribution in [0.4, 0.5) is 24.5 Å². The standard InChI is InChI=1S/C24H22F3N5O2S/c1-22(9-10-29-14-22)34-17-5-3-15(4-6-17)32-21(35)31(20(33)23(32)7-2-8-23)16-11-18(24(25,26)27)19(12-28)30-13-16/h3-6,11,13,29H,2,7-10,14H2,1H3/t22-/m1/s1. The number of halogens is 3. The molecule has 2 aliphatic heterocycles. The van der Waals surface area contributed by atoms with Crippen LogP contribution in [0.3, 0.4) is 0 Å². The zero-order valence-corrected chi connectivity index (χ0v) is 19.7. The Morgan fingerprint density at radius 1 is 1.20 bits per heavy atom. The summed E-state index contributed by atoms with van der Waals surface area (Å²) in [5, 5.41) is 12.4. The highest BCUT2D eigenvalue weighted by Gasteiger charge is 2.59. The largest absolute Gasteiger partial charge is 0.486 e. The molecule has 0 bridgehead atoms. The number of amides is 1. The van der Waals surface area contributed by atoms with Gasteiger partial charge in [0.1, 0.15) is 23.0 Å². The van der Waals surface area contributed by atoms with Crippen molar-refractivity contribution in [2.24, 2.45) is 0 Å². The molecule has 0 radical (unpaired) electrons. The maximum absolute atomic E-state index is 13.5. The van der Waals surface area contributed by atoms with E-state index < -0.39 is 28.9 Å². The fraction of sp³-hybridized carbons (Fsp3) is 0.417. The molecule has 1 aliphatic carbocycles. The Bertz CT molecular complexity index is 1230. The molecule has 7 nitrogen and oxygen atoms in total. The van der Waals surface area contributed by atoms with Gasteiger partial charge in [-0.1, -0.05) is 0 Å². The molecular formula is C24H22F3N5O2S. The maximum Gasteiger partial charge on any atom is 0.419 e. The summed E-state index contributed by atoms with van der Waals surface area (Å²) in [6.45, 7) is 3.67. The molecule has 182 valence electrons. The normalized spacial score (nSPS) is 23.5. The Labute approximate surface area is 205 Å². The van der Waals surface area contributed by atoms with E-state index in [2.05, 4.69) is 10.3 Å². The number of pyridine rings is 1. The van der Waals surface area contributed by atoms with E-state index in [0.29, 0.717) is 24.3 Å². The SMILES string of the molecule is C[C@@]1(Oc2ccc(N3C(=S)N(c4cnc(C#N)c(C(F)(F)F)c4)C(=O)C34CCC4)cc2)CCNC1. The van der Waals surface area contributed by atoms with E-state index in [0.717, 1.165) is 43.1 Å². The van der Waals surface area contributed by atoms with Crippen LogP contribution in [0.25, 0.3) is 0 Å². The average molecular weight is 502 g/mol. The molecule has 0 unspecified atom stereocenters. The molecule has 35 heavy (non-hydrogen) atoms. The summed E-state index contributed by atoms with van der Waals surface area (Å²) in [4.78, 5) is 20.0. The summed E-state index contributed by atoms with van der Waals surface area (Å²) in [7, 11) is 0. The van der Waals surface area contributed by atoms with E-state index >= 15 is 0 Å². The molecule has 11 heteroatoms. The summed E-state index contributed by atoms with van der Waals surface area (Å²) in [5.74, 6) is 0.292. The van der Waals surface area contributed by atoms with Gasteiger partial charge in [0.25, 0.3) is 5.91 Å². The Morgan fingerprint density at radius 3 is 2.46 bits per heavy atom. The Balaban J connectivity index is 1.48. The number of carbonyl (C=O) groups excluding carboxylic acids is 1. The minimum absolute atomic E-state index is 0.0787. The van der Waals surface area contributed by atoms with E-state index in [4.69, 9.17) is 22.2 Å². The third-order valence-corrected chi connectivity index (χ3v) is 7.29. The summed E-state index contributed by atoms with van der Waals surface area (Å²) >= 11 is 5.63. The maximum atomic E-state index is 13.5. The number of benzene rings is 1. The van der Waals surface area contributed by atoms with Crippen molar-refractivity contribution in [2.45, 2.75) is 49.9 Å². The molecule has 3 heterocycles. The van der Waals surface area contributed by atoms with Crippen LogP contribution < -0.4 is 19.9 Å². The number of nitriles is 1. The topological polar surface area (TPSA) is 81.5 Å². The molecule has 1 aromatic carbocycles. The lowest BCUT2D eigenvalue weighted by molar-refractivity contribution is -0.138. The van der Waals surface area contributed by atoms with E-state index in [-0.39, 0.29) is 16.4 Å². The molecule has 1 N–H and O–H groups in total. The highest BCUT2D eigenvalue weighted by Crippen LogP contribution is 2.48. The molecule has 1 aromatic heterocycles. The van der Waals surface area contributed by atoms with Gasteiger partial charge in [0.2, 0.25) is 0 Å². The summed E-state index contributed by atoms with van der Waals surface area (Å²) in [6, 6.07) is 9.46. The number of carbonyl (C=O) groups is 1. The predicted octanol–water partition coefficient (Wildman–Crippen LogP) is 4.16. The number of thiocarbonyl (C=S) groups is 1. The van der Waals surface area contributed by atoms with E-state index in [1.54, 1.807) is 4.90 Å². The molecule has 1 amide bonds. The molecule has 3 aliphatic rings. The summed E-state index contributed by atoms with van der Waals surface area (Å²) < 4.78 is 46.7. The molecule has 3 fully saturated rings. The number of alkyl halides is 3. The lowest BCUT2D eigenvalue weighted by atomic mass is 9.75. The first kappa shape index (κ1) is 23.5. The molecule has 1 spiro atoms. The van der Waals surface area contributed by atoms with Crippen molar-refractivity contribution < 1.29 is 22.7 Å². The second-order valence-corrected chi connectivity index (χ2v) is 9.68. The quantitative estimate of drug-likeness (QED) is 0.630. The summed E-state index contributed by atoms with van der Waals surface area (Å²) in [6.07, 6.45) is -0.976. The van der Waals surface area contributed by atoms with Gasteiger partial charge in [0.15, 0.2) is 10.8 Å². The zero-order chi connectivity index (χ0) is 25.0. The number of nitrogens with zero attached hydrogens (tertiary/aromatic N) is 4. The second kappa shape index (κ2) is 8.17. The first-order valence-corrected chi connectivity index (χ1v) is 11.6. The third kappa shape index (κ3) is 3.81. The van der Waals surface area contributed by atoms with Gasteiger partial charge in [0.05, 0.1) is 17.4 Å². The smallest absolute Gasteiger partial charge is 0.419 e. The van der Waals surface area contributed by atoms with Crippen molar-refractivity contribution in [1.29, 1.82) is 5.26 Å². The highest BCUT2D eigenvalue weighted by molar-refractivity contribution is 7.81. The molecule has 1 saturated carbocycles. The molecule has 2 aromatic rings. The number of hydrogen-bond acceptors (Lipinski definition) is 6. The van der Waals surface area contributed by atoms with Crippen LogP contribution in [0.1, 0.15) is 43.9 Å². The van der Waals surface area contributed by atoms with Crippen molar-refractivity contribution in [3.63, 3.8) is 0 Å². The van der Waals surface area contributed by atoms with Crippen LogP contribution in [0.15, 0.2) is 36.5 Å². The fourth-order valence-electron chi connectivity index (χ4n) is 4.92. The van der Waals surface area contributed by atoms with E-state index in [1.807, 2.05) is 31.2 Å². The number of rotatable bonds is 4. The number of hydrogen-bond donors (Lipinski definition) is 1. The van der Waals surface area contributed by atoms with Crippen LogP contribution in [-0.4, -0.2) is 40.2 Å². The monoisotopic (exact) mass is 501 g/mol. The van der Waals surface area contributed by atoms with Gasteiger partial charge in [-0.3, -0.25) is 9.69 Å². The fourth-order valence-corrected chi connectivity index (χ4v) is 5.39. The first-order valence-electron chi connectivity index (χ1n) is 11.2. The molecule has 2 saturated heterocycles. The number of aromatic nitrogens is 1. The average Bonchev–Trinajstić information content (AvgIpc) is 3.31. The second-order valence-electron chi connectivity index (χ2n) is 9.32. The van der Waals surface area contributed by atoms with Gasteiger partial charge >= 0.3 is 6.18 Å². The van der Waals surface area contributed by atoms with Gasteiger partial charge in [0, 0.05) is 18.7 Å². The van der Waals surface area contributed by atoms with Gasteiger partial charge < -0.3 is 15.0 Å². The highest BCUT2D eigenvalue weighted by atomic mass is 32.1. The lowest BCUT2D eigenvalue weighted by Crippen LogP contribution is -2.55. The lowest BCUT2D eigenvalue weighted by Gasteiger charge is -2.43. The first-order chi connectivity index (χ1) is 16.6. The van der Waals surface area contributed by atoms with Crippen molar-refractivity contribution >= 4 is 34.6 Å². The third-order valence-electron chi connectivity index (χ3n) is 6.92. The van der Waals surface area contributed by atoms with Gasteiger partial charge in [-0.25, -0.2) is 4.98 Å². The zero-order valence-electron chi connectivity index (χ0n) is 18.9. The Kier molecular flexibility index (Phi) is 5.49. The van der Waals surface area contributed by atoms with Crippen molar-refractivity contribution in [2.75, 3.05) is 22.9 Å². The summed E-state index contributed by atoms with van der Waals surface area (Å²) in [5.41, 5.74) is -2.66. The van der Waals surface area contributed by atoms with Crippen molar-refractivity contribution in [3.05, 3.63) is 47.8 Å². The van der Waals surface area contributed by atoms with Crippen LogP contribution >= 0.6 is 12.2 Å². The van der Waals surface area contributed by atoms with Gasteiger partial charge in [-0.05, 0) is 75.3 Å². The van der Waals surface area contributed by atoms with Gasteiger partial charge in [-0.2, -0.15) is 18.4 Å². The predicted molar refractivity (Wildman–Crippen MR) is 126 cm³/mol. The van der Waals surface area contributed by atoms with Crippen LogP contribution in [-0.2, 0) is 11.0 Å². The number of anilines is 2. The minimum atomic E-state index is -4.80. The Hall–Kier alpha value is -3.23. The number of nitrogens with one attached hydrogen (secondary N) is 1. The van der Waals surface area contributed by atoms with Crippen molar-refractivity contribution in [1.82, 2.24) is 10.3 Å². The molecular weight excluding hydrogens is 479 g/mol. The van der Waals surface area contributed by atoms with Crippen LogP contribution in [0, 0.1) is 11.3 Å². The molecule has 1 atom stereocenters. The minimum Gasteiger partial charge on any atom is -0.486 e. The molecule has 5 rings (SSSR count). The van der Waals surface area contributed by atoms with E-state index in [1.165, 1.54) is 6.07 Å². The Morgan fingerprint density at radius 2 is 1.91 bits per heavy atom. The van der Waals surface area contributed by atoms with Crippen LogP contribution in [0.5, 0.6) is 5.75 Å². The van der Waals surface area contributed by atoms with Crippen molar-refractivity contribution in [3.8, 4) is 11.8 Å². The van der Waals surface area contributed by atoms with E-state index in [9.17, 15) is 18.0 Å². The number of ether oxygens (including phenoxy) is 1.